The molecule has 0 unspecified atom stereocenters. The van der Waals surface area contributed by atoms with Crippen LogP contribution in [0, 0.1) is 0 Å². The minimum Gasteiger partial charge on any atom is -0.289 e. The lowest BCUT2D eigenvalue weighted by molar-refractivity contribution is 0.102. The van der Waals surface area contributed by atoms with Crippen LogP contribution in [0.2, 0.25) is 0 Å². The molecule has 2 heterocycles. The second-order valence-electron chi connectivity index (χ2n) is 4.58. The fraction of sp³-hybridized carbons (Fsp3) is 0.0667. The van der Waals surface area contributed by atoms with E-state index in [0.717, 1.165) is 10.0 Å². The SMILES string of the molecule is O=C(Nc1ncn(Cc2ccc(Br)cc2)n1)c1ccncc1. The van der Waals surface area contributed by atoms with Crippen molar-refractivity contribution in [3.05, 3.63) is 70.7 Å². The predicted octanol–water partition coefficient (Wildman–Crippen LogP) is 2.74. The third-order valence-corrected chi connectivity index (χ3v) is 3.49. The highest BCUT2D eigenvalue weighted by molar-refractivity contribution is 9.10. The number of anilines is 1. The summed E-state index contributed by atoms with van der Waals surface area (Å²) < 4.78 is 2.70. The van der Waals surface area contributed by atoms with E-state index in [1.807, 2.05) is 24.3 Å². The van der Waals surface area contributed by atoms with Crippen LogP contribution < -0.4 is 5.32 Å². The first-order valence-electron chi connectivity index (χ1n) is 6.56. The molecular weight excluding hydrogens is 346 g/mol. The number of nitrogens with zero attached hydrogens (tertiary/aromatic N) is 4. The molecule has 1 aromatic carbocycles. The maximum atomic E-state index is 12.0. The molecule has 1 N–H and O–H groups in total. The Balaban J connectivity index is 1.66. The minimum atomic E-state index is -0.260. The molecule has 0 saturated heterocycles. The van der Waals surface area contributed by atoms with Gasteiger partial charge in [-0.05, 0) is 29.8 Å². The first-order chi connectivity index (χ1) is 10.7. The number of amides is 1. The van der Waals surface area contributed by atoms with Crippen molar-refractivity contribution in [2.45, 2.75) is 6.54 Å². The van der Waals surface area contributed by atoms with E-state index in [-0.39, 0.29) is 11.9 Å². The van der Waals surface area contributed by atoms with Gasteiger partial charge in [0.1, 0.15) is 6.33 Å². The number of aromatic nitrogens is 4. The van der Waals surface area contributed by atoms with Crippen molar-refractivity contribution in [1.82, 2.24) is 19.7 Å². The normalized spacial score (nSPS) is 10.4. The molecule has 110 valence electrons. The highest BCUT2D eigenvalue weighted by Gasteiger charge is 2.08. The summed E-state index contributed by atoms with van der Waals surface area (Å²) in [5.41, 5.74) is 1.61. The summed E-state index contributed by atoms with van der Waals surface area (Å²) in [5, 5.41) is 6.90. The standard InChI is InChI=1S/C15H12BrN5O/c16-13-3-1-11(2-4-13)9-21-10-18-15(20-21)19-14(22)12-5-7-17-8-6-12/h1-8,10H,9H2,(H,19,20,22). The summed E-state index contributed by atoms with van der Waals surface area (Å²) in [7, 11) is 0. The van der Waals surface area contributed by atoms with Gasteiger partial charge in [-0.25, -0.2) is 9.67 Å². The van der Waals surface area contributed by atoms with E-state index in [4.69, 9.17) is 0 Å². The number of hydrogen-bond acceptors (Lipinski definition) is 4. The zero-order valence-electron chi connectivity index (χ0n) is 11.5. The van der Waals surface area contributed by atoms with Gasteiger partial charge in [-0.3, -0.25) is 15.1 Å². The topological polar surface area (TPSA) is 72.7 Å². The molecule has 7 heteroatoms. The molecule has 6 nitrogen and oxygen atoms in total. The van der Waals surface area contributed by atoms with Gasteiger partial charge in [-0.2, -0.15) is 0 Å². The summed E-state index contributed by atoms with van der Waals surface area (Å²) in [6.07, 6.45) is 4.72. The lowest BCUT2D eigenvalue weighted by Gasteiger charge is -2.02. The highest BCUT2D eigenvalue weighted by atomic mass is 79.9. The number of pyridine rings is 1. The summed E-state index contributed by atoms with van der Waals surface area (Å²) in [6.45, 7) is 0.589. The number of nitrogens with one attached hydrogen (secondary N) is 1. The molecule has 0 fully saturated rings. The quantitative estimate of drug-likeness (QED) is 0.778. The number of carbonyl (C=O) groups is 1. The molecule has 0 spiro atoms. The molecule has 1 amide bonds. The second kappa shape index (κ2) is 6.48. The summed E-state index contributed by atoms with van der Waals surface area (Å²) in [4.78, 5) is 19.9. The summed E-state index contributed by atoms with van der Waals surface area (Å²) in [5.74, 6) is 0.0164. The van der Waals surface area contributed by atoms with Gasteiger partial charge in [0.15, 0.2) is 0 Å². The highest BCUT2D eigenvalue weighted by Crippen LogP contribution is 2.11. The molecule has 0 saturated carbocycles. The molecular formula is C15H12BrN5O. The number of halogens is 1. The smallest absolute Gasteiger partial charge is 0.258 e. The first kappa shape index (κ1) is 14.4. The van der Waals surface area contributed by atoms with Gasteiger partial charge in [0, 0.05) is 22.4 Å². The maximum Gasteiger partial charge on any atom is 0.258 e. The fourth-order valence-corrected chi connectivity index (χ4v) is 2.15. The van der Waals surface area contributed by atoms with Crippen molar-refractivity contribution in [3.8, 4) is 0 Å². The molecule has 0 aliphatic heterocycles. The van der Waals surface area contributed by atoms with Crippen molar-refractivity contribution in [3.63, 3.8) is 0 Å². The van der Waals surface area contributed by atoms with Gasteiger partial charge in [-0.15, -0.1) is 5.10 Å². The van der Waals surface area contributed by atoms with Crippen LogP contribution in [0.4, 0.5) is 5.95 Å². The Morgan fingerprint density at radius 3 is 2.59 bits per heavy atom. The molecule has 22 heavy (non-hydrogen) atoms. The van der Waals surface area contributed by atoms with E-state index in [9.17, 15) is 4.79 Å². The molecule has 0 radical (unpaired) electrons. The van der Waals surface area contributed by atoms with Gasteiger partial charge >= 0.3 is 0 Å². The van der Waals surface area contributed by atoms with Crippen LogP contribution >= 0.6 is 15.9 Å². The Morgan fingerprint density at radius 1 is 1.14 bits per heavy atom. The van der Waals surface area contributed by atoms with E-state index < -0.39 is 0 Å². The van der Waals surface area contributed by atoms with E-state index in [2.05, 4.69) is 36.3 Å². The Kier molecular flexibility index (Phi) is 4.24. The zero-order valence-corrected chi connectivity index (χ0v) is 13.1. The molecule has 3 aromatic rings. The van der Waals surface area contributed by atoms with Crippen LogP contribution in [0.15, 0.2) is 59.6 Å². The van der Waals surface area contributed by atoms with E-state index in [1.54, 1.807) is 35.5 Å². The van der Waals surface area contributed by atoms with E-state index in [0.29, 0.717) is 12.1 Å². The number of benzene rings is 1. The Labute approximate surface area is 135 Å². The number of carbonyl (C=O) groups excluding carboxylic acids is 1. The van der Waals surface area contributed by atoms with Crippen LogP contribution in [0.3, 0.4) is 0 Å². The first-order valence-corrected chi connectivity index (χ1v) is 7.35. The van der Waals surface area contributed by atoms with Crippen molar-refractivity contribution in [2.24, 2.45) is 0 Å². The Bertz CT molecular complexity index is 770. The molecule has 0 atom stereocenters. The van der Waals surface area contributed by atoms with Crippen LogP contribution in [0.25, 0.3) is 0 Å². The van der Waals surface area contributed by atoms with Gasteiger partial charge < -0.3 is 0 Å². The van der Waals surface area contributed by atoms with Crippen molar-refractivity contribution in [1.29, 1.82) is 0 Å². The molecule has 2 aromatic heterocycles. The van der Waals surface area contributed by atoms with Gasteiger partial charge in [0.2, 0.25) is 5.95 Å². The number of rotatable bonds is 4. The van der Waals surface area contributed by atoms with Crippen LogP contribution in [-0.4, -0.2) is 25.7 Å². The van der Waals surface area contributed by atoms with E-state index >= 15 is 0 Å². The maximum absolute atomic E-state index is 12.0. The third-order valence-electron chi connectivity index (χ3n) is 2.96. The van der Waals surface area contributed by atoms with Crippen molar-refractivity contribution >= 4 is 27.8 Å². The van der Waals surface area contributed by atoms with Gasteiger partial charge in [0.05, 0.1) is 6.54 Å². The minimum absolute atomic E-state index is 0.260. The second-order valence-corrected chi connectivity index (χ2v) is 5.50. The lowest BCUT2D eigenvalue weighted by atomic mass is 10.2. The Morgan fingerprint density at radius 2 is 1.86 bits per heavy atom. The van der Waals surface area contributed by atoms with Crippen molar-refractivity contribution in [2.75, 3.05) is 5.32 Å². The summed E-state index contributed by atoms with van der Waals surface area (Å²) in [6, 6.07) is 11.2. The van der Waals surface area contributed by atoms with Crippen molar-refractivity contribution < 1.29 is 4.79 Å². The summed E-state index contributed by atoms with van der Waals surface area (Å²) >= 11 is 3.40. The predicted molar refractivity (Wildman–Crippen MR) is 85.5 cm³/mol. The third kappa shape index (κ3) is 3.56. The number of hydrogen-bond donors (Lipinski definition) is 1. The van der Waals surface area contributed by atoms with E-state index in [1.165, 1.54) is 0 Å². The molecule has 0 aliphatic rings. The average Bonchev–Trinajstić information content (AvgIpc) is 2.97. The lowest BCUT2D eigenvalue weighted by Crippen LogP contribution is -2.13. The molecule has 0 bridgehead atoms. The zero-order chi connectivity index (χ0) is 15.4. The van der Waals surface area contributed by atoms with Gasteiger partial charge in [0.25, 0.3) is 5.91 Å². The van der Waals surface area contributed by atoms with Crippen LogP contribution in [-0.2, 0) is 6.54 Å². The average molecular weight is 358 g/mol. The monoisotopic (exact) mass is 357 g/mol. The molecule has 0 aliphatic carbocycles. The van der Waals surface area contributed by atoms with Crippen LogP contribution in [0.5, 0.6) is 0 Å². The van der Waals surface area contributed by atoms with Gasteiger partial charge in [-0.1, -0.05) is 28.1 Å². The largest absolute Gasteiger partial charge is 0.289 e. The Hall–Kier alpha value is -2.54. The fourth-order valence-electron chi connectivity index (χ4n) is 1.88. The van der Waals surface area contributed by atoms with Crippen LogP contribution in [0.1, 0.15) is 15.9 Å². The molecule has 3 rings (SSSR count).